The van der Waals surface area contributed by atoms with Crippen LogP contribution in [0.4, 0.5) is 0 Å². The van der Waals surface area contributed by atoms with E-state index in [9.17, 15) is 18.0 Å². The lowest BCUT2D eigenvalue weighted by molar-refractivity contribution is 0.0941. The van der Waals surface area contributed by atoms with Crippen LogP contribution in [-0.2, 0) is 9.84 Å². The fraction of sp³-hybridized carbons (Fsp3) is 0.250. The van der Waals surface area contributed by atoms with Gasteiger partial charge in [-0.3, -0.25) is 14.2 Å². The van der Waals surface area contributed by atoms with Gasteiger partial charge < -0.3 is 10.1 Å². The SMILES string of the molecule is COc1ccc(-n2cnc3cc(C(=O)N[C@@H]4CCS(=O)(=O)C4)ccc3c2=O)cc1Cl. The second-order valence-corrected chi connectivity index (χ2v) is 9.68. The van der Waals surface area contributed by atoms with Gasteiger partial charge in [0.2, 0.25) is 0 Å². The van der Waals surface area contributed by atoms with E-state index in [1.807, 2.05) is 0 Å². The number of sulfone groups is 1. The van der Waals surface area contributed by atoms with Crippen molar-refractivity contribution < 1.29 is 17.9 Å². The largest absolute Gasteiger partial charge is 0.495 e. The van der Waals surface area contributed by atoms with E-state index in [0.717, 1.165) is 0 Å². The Bertz CT molecular complexity index is 1320. The minimum absolute atomic E-state index is 0.0559. The second kappa shape index (κ2) is 7.73. The van der Waals surface area contributed by atoms with Crippen LogP contribution in [0.1, 0.15) is 16.8 Å². The number of nitrogens with one attached hydrogen (secondary N) is 1. The molecule has 0 saturated carbocycles. The number of rotatable bonds is 4. The summed E-state index contributed by atoms with van der Waals surface area (Å²) >= 11 is 6.15. The van der Waals surface area contributed by atoms with E-state index in [2.05, 4.69) is 10.3 Å². The maximum Gasteiger partial charge on any atom is 0.265 e. The molecule has 30 heavy (non-hydrogen) atoms. The Labute approximate surface area is 177 Å². The van der Waals surface area contributed by atoms with E-state index in [1.54, 1.807) is 18.2 Å². The molecule has 1 aromatic heterocycles. The van der Waals surface area contributed by atoms with Crippen LogP contribution in [0.3, 0.4) is 0 Å². The van der Waals surface area contributed by atoms with Gasteiger partial charge in [-0.1, -0.05) is 11.6 Å². The van der Waals surface area contributed by atoms with Crippen LogP contribution in [0, 0.1) is 0 Å². The van der Waals surface area contributed by atoms with Gasteiger partial charge in [-0.15, -0.1) is 0 Å². The highest BCUT2D eigenvalue weighted by Gasteiger charge is 2.29. The van der Waals surface area contributed by atoms with Crippen molar-refractivity contribution in [3.63, 3.8) is 0 Å². The average Bonchev–Trinajstić information content (AvgIpc) is 3.06. The molecule has 3 aromatic rings. The first-order valence-corrected chi connectivity index (χ1v) is 11.3. The monoisotopic (exact) mass is 447 g/mol. The number of ether oxygens (including phenoxy) is 1. The number of carbonyl (C=O) groups is 1. The molecule has 1 saturated heterocycles. The van der Waals surface area contributed by atoms with E-state index in [1.165, 1.54) is 36.2 Å². The second-order valence-electron chi connectivity index (χ2n) is 7.04. The minimum atomic E-state index is -3.09. The third-order valence-corrected chi connectivity index (χ3v) is 7.07. The number of methoxy groups -OCH3 is 1. The number of fused-ring (bicyclic) bond motifs is 1. The average molecular weight is 448 g/mol. The van der Waals surface area contributed by atoms with Gasteiger partial charge in [-0.25, -0.2) is 13.4 Å². The molecular weight excluding hydrogens is 430 g/mol. The number of nitrogens with zero attached hydrogens (tertiary/aromatic N) is 2. The Kier molecular flexibility index (Phi) is 5.25. The molecule has 1 atom stereocenters. The van der Waals surface area contributed by atoms with Gasteiger partial charge in [-0.05, 0) is 42.8 Å². The summed E-state index contributed by atoms with van der Waals surface area (Å²) in [7, 11) is -1.59. The number of hydrogen-bond donors (Lipinski definition) is 1. The van der Waals surface area contributed by atoms with Crippen molar-refractivity contribution in [1.82, 2.24) is 14.9 Å². The lowest BCUT2D eigenvalue weighted by Gasteiger charge is -2.12. The smallest absolute Gasteiger partial charge is 0.265 e. The Morgan fingerprint density at radius 2 is 2.07 bits per heavy atom. The van der Waals surface area contributed by atoms with Crippen molar-refractivity contribution in [3.8, 4) is 11.4 Å². The summed E-state index contributed by atoms with van der Waals surface area (Å²) in [5.41, 5.74) is 0.894. The van der Waals surface area contributed by atoms with E-state index in [4.69, 9.17) is 16.3 Å². The van der Waals surface area contributed by atoms with Gasteiger partial charge in [0.25, 0.3) is 11.5 Å². The minimum Gasteiger partial charge on any atom is -0.495 e. The Hall–Kier alpha value is -2.91. The standard InChI is InChI=1S/C20H18ClN3O5S/c1-29-18-5-3-14(9-16(18)21)24-11-22-17-8-12(2-4-15(17)20(24)26)19(25)23-13-6-7-30(27,28)10-13/h2-5,8-9,11,13H,6-7,10H2,1H3,(H,23,25)/t13-/m1/s1. The summed E-state index contributed by atoms with van der Waals surface area (Å²) in [5, 5.41) is 3.43. The first-order valence-electron chi connectivity index (χ1n) is 9.14. The molecular formula is C20H18ClN3O5S. The van der Waals surface area contributed by atoms with E-state index in [-0.39, 0.29) is 17.1 Å². The summed E-state index contributed by atoms with van der Waals surface area (Å²) in [6.45, 7) is 0. The predicted octanol–water partition coefficient (Wildman–Crippen LogP) is 1.96. The quantitative estimate of drug-likeness (QED) is 0.655. The molecule has 0 bridgehead atoms. The van der Waals surface area contributed by atoms with Gasteiger partial charge >= 0.3 is 0 Å². The zero-order valence-corrected chi connectivity index (χ0v) is 17.5. The Morgan fingerprint density at radius 1 is 1.27 bits per heavy atom. The zero-order valence-electron chi connectivity index (χ0n) is 16.0. The molecule has 1 N–H and O–H groups in total. The van der Waals surface area contributed by atoms with Crippen LogP contribution in [0.5, 0.6) is 5.75 Å². The van der Waals surface area contributed by atoms with Crippen LogP contribution in [-0.4, -0.2) is 48.5 Å². The van der Waals surface area contributed by atoms with Crippen molar-refractivity contribution in [3.05, 3.63) is 63.7 Å². The molecule has 0 unspecified atom stereocenters. The molecule has 0 radical (unpaired) electrons. The van der Waals surface area contributed by atoms with Crippen molar-refractivity contribution in [2.45, 2.75) is 12.5 Å². The molecule has 4 rings (SSSR count). The van der Waals surface area contributed by atoms with Crippen molar-refractivity contribution in [1.29, 1.82) is 0 Å². The van der Waals surface area contributed by atoms with Crippen LogP contribution >= 0.6 is 11.6 Å². The highest BCUT2D eigenvalue weighted by molar-refractivity contribution is 7.91. The Balaban J connectivity index is 1.63. The normalized spacial score (nSPS) is 17.7. The third-order valence-electron chi connectivity index (χ3n) is 5.00. The van der Waals surface area contributed by atoms with Crippen LogP contribution in [0.2, 0.25) is 5.02 Å². The lowest BCUT2D eigenvalue weighted by atomic mass is 10.1. The summed E-state index contributed by atoms with van der Waals surface area (Å²) < 4.78 is 29.6. The fourth-order valence-electron chi connectivity index (χ4n) is 3.43. The van der Waals surface area contributed by atoms with E-state index in [0.29, 0.717) is 39.3 Å². The summed E-state index contributed by atoms with van der Waals surface area (Å²) in [6.07, 6.45) is 1.77. The number of benzene rings is 2. The fourth-order valence-corrected chi connectivity index (χ4v) is 5.35. The highest BCUT2D eigenvalue weighted by atomic mass is 35.5. The van der Waals surface area contributed by atoms with E-state index < -0.39 is 21.8 Å². The molecule has 1 aliphatic heterocycles. The summed E-state index contributed by atoms with van der Waals surface area (Å²) in [6, 6.07) is 9.12. The molecule has 156 valence electrons. The maximum absolute atomic E-state index is 12.9. The molecule has 1 amide bonds. The van der Waals surface area contributed by atoms with Crippen molar-refractivity contribution in [2.75, 3.05) is 18.6 Å². The molecule has 0 aliphatic carbocycles. The van der Waals surface area contributed by atoms with Gasteiger partial charge in [0.1, 0.15) is 12.1 Å². The maximum atomic E-state index is 12.9. The van der Waals surface area contributed by atoms with Gasteiger partial charge in [0.05, 0.1) is 40.2 Å². The Morgan fingerprint density at radius 3 is 2.73 bits per heavy atom. The highest BCUT2D eigenvalue weighted by Crippen LogP contribution is 2.26. The molecule has 1 aliphatic rings. The lowest BCUT2D eigenvalue weighted by Crippen LogP contribution is -2.35. The van der Waals surface area contributed by atoms with E-state index >= 15 is 0 Å². The number of aromatic nitrogens is 2. The first-order chi connectivity index (χ1) is 14.3. The molecule has 8 nitrogen and oxygen atoms in total. The first kappa shape index (κ1) is 20.4. The number of hydrogen-bond acceptors (Lipinski definition) is 6. The van der Waals surface area contributed by atoms with Gasteiger partial charge in [0.15, 0.2) is 9.84 Å². The third kappa shape index (κ3) is 3.90. The topological polar surface area (TPSA) is 107 Å². The number of carbonyl (C=O) groups excluding carboxylic acids is 1. The number of amides is 1. The molecule has 10 heteroatoms. The van der Waals surface area contributed by atoms with Gasteiger partial charge in [0, 0.05) is 11.6 Å². The summed E-state index contributed by atoms with van der Waals surface area (Å²) in [5.74, 6) is 0.117. The van der Waals surface area contributed by atoms with Crippen molar-refractivity contribution >= 4 is 38.2 Å². The van der Waals surface area contributed by atoms with Crippen molar-refractivity contribution in [2.24, 2.45) is 0 Å². The summed E-state index contributed by atoms with van der Waals surface area (Å²) in [4.78, 5) is 29.7. The zero-order chi connectivity index (χ0) is 21.5. The van der Waals surface area contributed by atoms with Gasteiger partial charge in [-0.2, -0.15) is 0 Å². The number of halogens is 1. The predicted molar refractivity (Wildman–Crippen MR) is 113 cm³/mol. The molecule has 1 fully saturated rings. The van der Waals surface area contributed by atoms with Crippen LogP contribution in [0.15, 0.2) is 47.5 Å². The molecule has 0 spiro atoms. The van der Waals surface area contributed by atoms with Crippen LogP contribution in [0.25, 0.3) is 16.6 Å². The molecule has 2 aromatic carbocycles. The molecule has 2 heterocycles. The van der Waals surface area contributed by atoms with Crippen LogP contribution < -0.4 is 15.6 Å².